The van der Waals surface area contributed by atoms with Crippen LogP contribution in [0.4, 0.5) is 0 Å². The van der Waals surface area contributed by atoms with Crippen molar-refractivity contribution in [2.45, 2.75) is 58.3 Å². The Hall–Kier alpha value is -2.95. The minimum atomic E-state index is -1.20. The molecule has 1 aromatic heterocycles. The Labute approximate surface area is 160 Å². The van der Waals surface area contributed by atoms with Crippen molar-refractivity contribution in [2.24, 2.45) is 0 Å². The fraction of sp³-hybridized carbons (Fsp3) is 0.588. The molecule has 1 fully saturated rings. The molecule has 1 saturated heterocycles. The van der Waals surface area contributed by atoms with Gasteiger partial charge in [-0.15, -0.1) is 0 Å². The summed E-state index contributed by atoms with van der Waals surface area (Å²) in [5, 5.41) is 0. The van der Waals surface area contributed by atoms with E-state index < -0.39 is 54.5 Å². The fourth-order valence-corrected chi connectivity index (χ4v) is 2.87. The minimum absolute atomic E-state index is 0.275. The summed E-state index contributed by atoms with van der Waals surface area (Å²) in [5.74, 6) is -2.59. The van der Waals surface area contributed by atoms with Gasteiger partial charge in [-0.05, 0) is 0 Å². The van der Waals surface area contributed by atoms with Crippen LogP contribution in [0.15, 0.2) is 18.7 Å². The molecule has 1 aliphatic rings. The van der Waals surface area contributed by atoms with Crippen molar-refractivity contribution in [3.63, 3.8) is 0 Å². The molecule has 0 aliphatic carbocycles. The number of esters is 4. The highest BCUT2D eigenvalue weighted by molar-refractivity contribution is 5.68. The highest BCUT2D eigenvalue weighted by Crippen LogP contribution is 2.34. The molecule has 1 aliphatic heterocycles. The molecule has 154 valence electrons. The van der Waals surface area contributed by atoms with Gasteiger partial charge in [0.05, 0.1) is 6.33 Å². The monoisotopic (exact) mass is 398 g/mol. The molecule has 0 bridgehead atoms. The van der Waals surface area contributed by atoms with E-state index in [0.29, 0.717) is 0 Å². The first-order valence-corrected chi connectivity index (χ1v) is 8.47. The van der Waals surface area contributed by atoms with E-state index >= 15 is 0 Å². The van der Waals surface area contributed by atoms with Crippen LogP contribution in [-0.2, 0) is 42.9 Å². The average molecular weight is 398 g/mol. The second-order valence-electron chi connectivity index (χ2n) is 6.10. The van der Waals surface area contributed by atoms with Gasteiger partial charge in [-0.1, -0.05) is 0 Å². The summed E-state index contributed by atoms with van der Waals surface area (Å²) in [7, 11) is 0. The van der Waals surface area contributed by atoms with Crippen molar-refractivity contribution >= 4 is 23.9 Å². The van der Waals surface area contributed by atoms with Gasteiger partial charge in [-0.3, -0.25) is 19.2 Å². The number of nitrogens with zero attached hydrogens (tertiary/aromatic N) is 2. The molecule has 0 aromatic carbocycles. The Morgan fingerprint density at radius 3 is 1.96 bits per heavy atom. The van der Waals surface area contributed by atoms with Crippen molar-refractivity contribution in [3.05, 3.63) is 18.7 Å². The van der Waals surface area contributed by atoms with Gasteiger partial charge in [0.1, 0.15) is 12.7 Å². The standard InChI is InChI=1S/C17H22N2O9/c1-9(20)24-7-13-14(25-10(2)21)15(26-11(3)22)16(27-12(4)23)17(28-13)19-6-5-18-8-19/h5-6,8,13-17H,7H2,1-4H3. The van der Waals surface area contributed by atoms with E-state index in [1.165, 1.54) is 37.9 Å². The number of carbonyl (C=O) groups excluding carboxylic acids is 4. The Balaban J connectivity index is 2.45. The lowest BCUT2D eigenvalue weighted by molar-refractivity contribution is -0.268. The molecule has 5 atom stereocenters. The lowest BCUT2D eigenvalue weighted by atomic mass is 9.97. The second kappa shape index (κ2) is 9.31. The van der Waals surface area contributed by atoms with Gasteiger partial charge in [0, 0.05) is 40.1 Å². The first-order chi connectivity index (χ1) is 13.2. The maximum atomic E-state index is 11.7. The molecular formula is C17H22N2O9. The minimum Gasteiger partial charge on any atom is -0.463 e. The third kappa shape index (κ3) is 5.52. The summed E-state index contributed by atoms with van der Waals surface area (Å²) in [6.45, 7) is 4.45. The first-order valence-electron chi connectivity index (χ1n) is 8.47. The van der Waals surface area contributed by atoms with Gasteiger partial charge in [-0.2, -0.15) is 0 Å². The van der Waals surface area contributed by atoms with E-state index in [-0.39, 0.29) is 6.61 Å². The molecule has 28 heavy (non-hydrogen) atoms. The number of ether oxygens (including phenoxy) is 5. The summed E-state index contributed by atoms with van der Waals surface area (Å²) in [6, 6.07) is 0. The quantitative estimate of drug-likeness (QED) is 0.481. The zero-order chi connectivity index (χ0) is 20.8. The highest BCUT2D eigenvalue weighted by Gasteiger charge is 2.52. The van der Waals surface area contributed by atoms with Crippen LogP contribution in [0.1, 0.15) is 33.9 Å². The molecule has 0 N–H and O–H groups in total. The first kappa shape index (κ1) is 21.4. The van der Waals surface area contributed by atoms with Crippen molar-refractivity contribution in [1.82, 2.24) is 9.55 Å². The van der Waals surface area contributed by atoms with Crippen LogP contribution in [0.5, 0.6) is 0 Å². The SMILES string of the molecule is CC(=O)OCC1OC(n2ccnc2)C(OC(C)=O)C(OC(C)=O)C1OC(C)=O. The third-order valence-corrected chi connectivity index (χ3v) is 3.79. The van der Waals surface area contributed by atoms with E-state index in [1.807, 2.05) is 0 Å². The molecule has 11 nitrogen and oxygen atoms in total. The van der Waals surface area contributed by atoms with E-state index in [0.717, 1.165) is 6.92 Å². The van der Waals surface area contributed by atoms with E-state index in [1.54, 1.807) is 6.20 Å². The normalized spacial score (nSPS) is 26.8. The predicted molar refractivity (Wildman–Crippen MR) is 89.4 cm³/mol. The Kier molecular flexibility index (Phi) is 7.10. The second-order valence-corrected chi connectivity index (χ2v) is 6.10. The lowest BCUT2D eigenvalue weighted by Crippen LogP contribution is -2.60. The largest absolute Gasteiger partial charge is 0.463 e. The summed E-state index contributed by atoms with van der Waals surface area (Å²) in [6.07, 6.45) is -1.03. The third-order valence-electron chi connectivity index (χ3n) is 3.79. The van der Waals surface area contributed by atoms with E-state index in [9.17, 15) is 19.2 Å². The Morgan fingerprint density at radius 1 is 0.893 bits per heavy atom. The van der Waals surface area contributed by atoms with Crippen LogP contribution in [-0.4, -0.2) is 64.5 Å². The molecule has 0 spiro atoms. The molecular weight excluding hydrogens is 376 g/mol. The van der Waals surface area contributed by atoms with Crippen molar-refractivity contribution in [2.75, 3.05) is 6.61 Å². The number of carbonyl (C=O) groups is 4. The van der Waals surface area contributed by atoms with Gasteiger partial charge >= 0.3 is 23.9 Å². The van der Waals surface area contributed by atoms with Crippen LogP contribution >= 0.6 is 0 Å². The van der Waals surface area contributed by atoms with Crippen LogP contribution in [0.2, 0.25) is 0 Å². The maximum absolute atomic E-state index is 11.7. The van der Waals surface area contributed by atoms with Crippen LogP contribution < -0.4 is 0 Å². The predicted octanol–water partition coefficient (Wildman–Crippen LogP) is 0.139. The van der Waals surface area contributed by atoms with Crippen LogP contribution in [0.3, 0.4) is 0 Å². The molecule has 0 saturated carbocycles. The number of hydrogen-bond donors (Lipinski definition) is 0. The maximum Gasteiger partial charge on any atom is 0.303 e. The number of hydrogen-bond acceptors (Lipinski definition) is 10. The Bertz CT molecular complexity index is 718. The molecule has 0 radical (unpaired) electrons. The molecule has 0 amide bonds. The fourth-order valence-electron chi connectivity index (χ4n) is 2.87. The number of imidazole rings is 1. The zero-order valence-corrected chi connectivity index (χ0v) is 15.9. The molecule has 11 heteroatoms. The van der Waals surface area contributed by atoms with Crippen LogP contribution in [0.25, 0.3) is 0 Å². The molecule has 5 unspecified atom stereocenters. The van der Waals surface area contributed by atoms with Crippen LogP contribution in [0, 0.1) is 0 Å². The summed E-state index contributed by atoms with van der Waals surface area (Å²) in [4.78, 5) is 50.1. The van der Waals surface area contributed by atoms with E-state index in [2.05, 4.69) is 4.98 Å². The van der Waals surface area contributed by atoms with Crippen molar-refractivity contribution in [1.29, 1.82) is 0 Å². The van der Waals surface area contributed by atoms with Crippen molar-refractivity contribution in [3.8, 4) is 0 Å². The Morgan fingerprint density at radius 2 is 1.46 bits per heavy atom. The van der Waals surface area contributed by atoms with Gasteiger partial charge in [0.2, 0.25) is 0 Å². The molecule has 2 rings (SSSR count). The van der Waals surface area contributed by atoms with Gasteiger partial charge < -0.3 is 28.3 Å². The number of aromatic nitrogens is 2. The van der Waals surface area contributed by atoms with Gasteiger partial charge in [-0.25, -0.2) is 4.98 Å². The molecule has 1 aromatic rings. The summed E-state index contributed by atoms with van der Waals surface area (Å²) in [5.41, 5.74) is 0. The smallest absolute Gasteiger partial charge is 0.303 e. The topological polar surface area (TPSA) is 132 Å². The van der Waals surface area contributed by atoms with Gasteiger partial charge in [0.25, 0.3) is 0 Å². The van der Waals surface area contributed by atoms with Crippen molar-refractivity contribution < 1.29 is 42.9 Å². The summed E-state index contributed by atoms with van der Waals surface area (Å²) < 4.78 is 28.4. The average Bonchev–Trinajstić information content (AvgIpc) is 3.09. The number of rotatable bonds is 6. The summed E-state index contributed by atoms with van der Waals surface area (Å²) >= 11 is 0. The highest BCUT2D eigenvalue weighted by atomic mass is 16.7. The molecule has 2 heterocycles. The lowest BCUT2D eigenvalue weighted by Gasteiger charge is -2.44. The van der Waals surface area contributed by atoms with Gasteiger partial charge in [0.15, 0.2) is 24.5 Å². The van der Waals surface area contributed by atoms with E-state index in [4.69, 9.17) is 23.7 Å². The zero-order valence-electron chi connectivity index (χ0n) is 15.9.